The van der Waals surface area contributed by atoms with E-state index in [9.17, 15) is 30.0 Å². The molecule has 4 rings (SSSR count). The molecule has 3 aromatic rings. The quantitative estimate of drug-likeness (QED) is 0.285. The van der Waals surface area contributed by atoms with Crippen molar-refractivity contribution >= 4 is 16.9 Å². The van der Waals surface area contributed by atoms with E-state index in [0.29, 0.717) is 5.75 Å². The van der Waals surface area contributed by atoms with Gasteiger partial charge < -0.3 is 43.8 Å². The van der Waals surface area contributed by atoms with Crippen molar-refractivity contribution < 1.29 is 48.6 Å². The molecule has 5 atom stereocenters. The molecule has 1 aliphatic heterocycles. The van der Waals surface area contributed by atoms with Gasteiger partial charge in [0.2, 0.25) is 6.29 Å². The zero-order valence-electron chi connectivity index (χ0n) is 17.9. The number of fused-ring (bicyclic) bond motifs is 1. The lowest BCUT2D eigenvalue weighted by Crippen LogP contribution is -2.60. The lowest BCUT2D eigenvalue weighted by Gasteiger charge is -2.39. The molecule has 2 heterocycles. The highest BCUT2D eigenvalue weighted by Crippen LogP contribution is 2.37. The van der Waals surface area contributed by atoms with E-state index in [4.69, 9.17) is 23.4 Å². The Morgan fingerprint density at radius 1 is 1.00 bits per heavy atom. The Kier molecular flexibility index (Phi) is 6.82. The maximum Gasteiger partial charge on any atom is 0.383 e. The second kappa shape index (κ2) is 9.79. The van der Waals surface area contributed by atoms with E-state index < -0.39 is 54.7 Å². The summed E-state index contributed by atoms with van der Waals surface area (Å²) < 4.78 is 26.8. The van der Waals surface area contributed by atoms with Crippen molar-refractivity contribution in [3.8, 4) is 17.2 Å². The third kappa shape index (κ3) is 4.47. The standard InChI is InChI=1S/C23H22O11/c1-30-12-7-8-13-14(9-12)31-22(29)20(33-21(28)11-5-3-2-4-6-11)19(13)34-23-18(27)17(26)16(25)15(10-24)32-23/h2-9,15-18,23-27H,10H2,1H3/t15-,16-,17+,18-,23+/m1/s1. The van der Waals surface area contributed by atoms with Gasteiger partial charge in [0.25, 0.3) is 5.75 Å². The first-order valence-electron chi connectivity index (χ1n) is 10.2. The third-order valence-electron chi connectivity index (χ3n) is 5.31. The van der Waals surface area contributed by atoms with Gasteiger partial charge in [-0.3, -0.25) is 0 Å². The summed E-state index contributed by atoms with van der Waals surface area (Å²) in [6.07, 6.45) is -8.01. The predicted molar refractivity (Wildman–Crippen MR) is 115 cm³/mol. The Labute approximate surface area is 192 Å². The van der Waals surface area contributed by atoms with Gasteiger partial charge in [0, 0.05) is 6.07 Å². The first-order chi connectivity index (χ1) is 16.3. The van der Waals surface area contributed by atoms with Crippen molar-refractivity contribution in [1.82, 2.24) is 0 Å². The topological polar surface area (TPSA) is 165 Å². The highest BCUT2D eigenvalue weighted by atomic mass is 16.7. The summed E-state index contributed by atoms with van der Waals surface area (Å²) in [6.45, 7) is -0.685. The van der Waals surface area contributed by atoms with Gasteiger partial charge in [0.05, 0.1) is 24.7 Å². The van der Waals surface area contributed by atoms with Crippen LogP contribution in [-0.4, -0.2) is 70.8 Å². The van der Waals surface area contributed by atoms with E-state index in [-0.39, 0.29) is 22.3 Å². The van der Waals surface area contributed by atoms with Gasteiger partial charge in [-0.15, -0.1) is 0 Å². The van der Waals surface area contributed by atoms with E-state index in [2.05, 4.69) is 0 Å². The van der Waals surface area contributed by atoms with Crippen LogP contribution < -0.4 is 19.8 Å². The van der Waals surface area contributed by atoms with Crippen molar-refractivity contribution in [2.45, 2.75) is 30.7 Å². The molecule has 0 radical (unpaired) electrons. The predicted octanol–water partition coefficient (Wildman–Crippen LogP) is 0.199. The zero-order valence-corrected chi connectivity index (χ0v) is 17.9. The van der Waals surface area contributed by atoms with Crippen LogP contribution in [0.25, 0.3) is 11.0 Å². The zero-order chi connectivity index (χ0) is 24.4. The molecule has 4 N–H and O–H groups in total. The average molecular weight is 474 g/mol. The van der Waals surface area contributed by atoms with Crippen LogP contribution in [0.4, 0.5) is 0 Å². The van der Waals surface area contributed by atoms with Gasteiger partial charge in [-0.05, 0) is 24.3 Å². The average Bonchev–Trinajstić information content (AvgIpc) is 2.86. The molecule has 34 heavy (non-hydrogen) atoms. The first kappa shape index (κ1) is 23.7. The molecule has 1 aromatic heterocycles. The molecule has 2 aromatic carbocycles. The molecule has 1 saturated heterocycles. The number of hydrogen-bond donors (Lipinski definition) is 4. The molecule has 0 spiro atoms. The number of carbonyl (C=O) groups is 1. The van der Waals surface area contributed by atoms with Crippen molar-refractivity contribution in [2.75, 3.05) is 13.7 Å². The normalized spacial score (nSPS) is 24.6. The van der Waals surface area contributed by atoms with Crippen LogP contribution in [-0.2, 0) is 4.74 Å². The summed E-state index contributed by atoms with van der Waals surface area (Å²) in [6, 6.07) is 12.3. The van der Waals surface area contributed by atoms with E-state index in [1.165, 1.54) is 37.4 Å². The molecule has 0 bridgehead atoms. The van der Waals surface area contributed by atoms with Gasteiger partial charge in [0.1, 0.15) is 35.7 Å². The van der Waals surface area contributed by atoms with Crippen LogP contribution in [0.5, 0.6) is 17.2 Å². The van der Waals surface area contributed by atoms with E-state index >= 15 is 0 Å². The number of ether oxygens (including phenoxy) is 4. The molecular weight excluding hydrogens is 452 g/mol. The molecule has 180 valence electrons. The summed E-state index contributed by atoms with van der Waals surface area (Å²) in [5, 5.41) is 40.1. The Hall–Kier alpha value is -3.48. The summed E-state index contributed by atoms with van der Waals surface area (Å²) in [5.74, 6) is -1.45. The van der Waals surface area contributed by atoms with Gasteiger partial charge in [0.15, 0.2) is 5.75 Å². The number of rotatable bonds is 6. The Balaban J connectivity index is 1.79. The number of carbonyl (C=O) groups excluding carboxylic acids is 1. The van der Waals surface area contributed by atoms with Gasteiger partial charge in [-0.1, -0.05) is 18.2 Å². The van der Waals surface area contributed by atoms with Gasteiger partial charge in [-0.25, -0.2) is 9.59 Å². The van der Waals surface area contributed by atoms with Crippen LogP contribution >= 0.6 is 0 Å². The number of aliphatic hydroxyl groups is 4. The third-order valence-corrected chi connectivity index (χ3v) is 5.31. The number of benzene rings is 2. The van der Waals surface area contributed by atoms with Gasteiger partial charge in [-0.2, -0.15) is 0 Å². The largest absolute Gasteiger partial charge is 0.497 e. The second-order valence-electron chi connectivity index (χ2n) is 7.48. The monoisotopic (exact) mass is 474 g/mol. The van der Waals surface area contributed by atoms with Crippen molar-refractivity contribution in [1.29, 1.82) is 0 Å². The molecule has 0 saturated carbocycles. The van der Waals surface area contributed by atoms with Gasteiger partial charge >= 0.3 is 11.6 Å². The molecule has 11 heteroatoms. The fraction of sp³-hybridized carbons (Fsp3) is 0.304. The highest BCUT2D eigenvalue weighted by molar-refractivity contribution is 5.93. The maximum atomic E-state index is 12.8. The Morgan fingerprint density at radius 3 is 2.41 bits per heavy atom. The molecule has 0 amide bonds. The van der Waals surface area contributed by atoms with Crippen LogP contribution in [0.1, 0.15) is 10.4 Å². The minimum Gasteiger partial charge on any atom is -0.497 e. The van der Waals surface area contributed by atoms with Crippen molar-refractivity contribution in [3.05, 3.63) is 64.5 Å². The number of methoxy groups -OCH3 is 1. The fourth-order valence-electron chi connectivity index (χ4n) is 3.47. The number of aliphatic hydroxyl groups excluding tert-OH is 4. The van der Waals surface area contributed by atoms with Crippen LogP contribution in [0.2, 0.25) is 0 Å². The number of hydrogen-bond acceptors (Lipinski definition) is 11. The second-order valence-corrected chi connectivity index (χ2v) is 7.48. The van der Waals surface area contributed by atoms with Crippen LogP contribution in [0.15, 0.2) is 57.7 Å². The first-order valence-corrected chi connectivity index (χ1v) is 10.2. The summed E-state index contributed by atoms with van der Waals surface area (Å²) >= 11 is 0. The van der Waals surface area contributed by atoms with Crippen LogP contribution in [0.3, 0.4) is 0 Å². The van der Waals surface area contributed by atoms with E-state index in [0.717, 1.165) is 0 Å². The summed E-state index contributed by atoms with van der Waals surface area (Å²) in [5.41, 5.74) is -0.899. The minimum atomic E-state index is -1.77. The molecule has 1 fully saturated rings. The summed E-state index contributed by atoms with van der Waals surface area (Å²) in [4.78, 5) is 25.4. The SMILES string of the molecule is COc1ccc2c(O[C@@H]3O[C@H](CO)[C@@H](O)[C@H](O)[C@H]3O)c(OC(=O)c3ccccc3)c(=O)oc2c1. The number of esters is 1. The van der Waals surface area contributed by atoms with Crippen molar-refractivity contribution in [3.63, 3.8) is 0 Å². The minimum absolute atomic E-state index is 0.0171. The molecule has 0 aliphatic carbocycles. The smallest absolute Gasteiger partial charge is 0.383 e. The van der Waals surface area contributed by atoms with E-state index in [1.807, 2.05) is 0 Å². The Morgan fingerprint density at radius 2 is 1.74 bits per heavy atom. The summed E-state index contributed by atoms with van der Waals surface area (Å²) in [7, 11) is 1.42. The van der Waals surface area contributed by atoms with Crippen molar-refractivity contribution in [2.24, 2.45) is 0 Å². The highest BCUT2D eigenvalue weighted by Gasteiger charge is 2.45. The Bertz CT molecular complexity index is 1220. The van der Waals surface area contributed by atoms with Crippen LogP contribution in [0, 0.1) is 0 Å². The fourth-order valence-corrected chi connectivity index (χ4v) is 3.47. The molecule has 0 unspecified atom stereocenters. The lowest BCUT2D eigenvalue weighted by atomic mass is 9.99. The molecule has 11 nitrogen and oxygen atoms in total. The van der Waals surface area contributed by atoms with E-state index in [1.54, 1.807) is 18.2 Å². The lowest BCUT2D eigenvalue weighted by molar-refractivity contribution is -0.277. The molecular formula is C23H22O11. The molecule has 1 aliphatic rings. The maximum absolute atomic E-state index is 12.8.